The van der Waals surface area contributed by atoms with Crippen LogP contribution in [0.3, 0.4) is 0 Å². The summed E-state index contributed by atoms with van der Waals surface area (Å²) in [5.41, 5.74) is 10.0. The third-order valence-corrected chi connectivity index (χ3v) is 5.47. The normalized spacial score (nSPS) is 15.3. The minimum absolute atomic E-state index is 0.0352. The van der Waals surface area contributed by atoms with E-state index < -0.39 is 0 Å². The van der Waals surface area contributed by atoms with Gasteiger partial charge in [-0.3, -0.25) is 14.3 Å². The van der Waals surface area contributed by atoms with Crippen LogP contribution in [-0.4, -0.2) is 50.7 Å². The van der Waals surface area contributed by atoms with Gasteiger partial charge in [-0.25, -0.2) is 9.97 Å². The van der Waals surface area contributed by atoms with E-state index in [-0.39, 0.29) is 5.56 Å². The van der Waals surface area contributed by atoms with Gasteiger partial charge in [0.2, 0.25) is 0 Å². The van der Waals surface area contributed by atoms with Gasteiger partial charge in [0.05, 0.1) is 41.7 Å². The number of fused-ring (bicyclic) bond motifs is 2. The number of nitrogen functional groups attached to an aromatic ring is 1. The zero-order chi connectivity index (χ0) is 20.0. The Hall–Kier alpha value is -3.23. The van der Waals surface area contributed by atoms with Crippen LogP contribution in [0.4, 0.5) is 5.95 Å². The van der Waals surface area contributed by atoms with Crippen molar-refractivity contribution in [3.8, 4) is 11.1 Å². The van der Waals surface area contributed by atoms with Crippen molar-refractivity contribution in [2.45, 2.75) is 6.54 Å². The smallest absolute Gasteiger partial charge is 0.261 e. The largest absolute Gasteiger partial charge is 0.379 e. The zero-order valence-electron chi connectivity index (χ0n) is 16.2. The number of H-pyrrole nitrogens is 1. The number of hydrogen-bond donors (Lipinski definition) is 2. The summed E-state index contributed by atoms with van der Waals surface area (Å²) in [6, 6.07) is 11.7. The molecule has 0 radical (unpaired) electrons. The van der Waals surface area contributed by atoms with Gasteiger partial charge in [-0.05, 0) is 35.4 Å². The summed E-state index contributed by atoms with van der Waals surface area (Å²) in [7, 11) is 1.79. The van der Waals surface area contributed by atoms with Crippen LogP contribution in [0.2, 0.25) is 0 Å². The highest BCUT2D eigenvalue weighted by molar-refractivity contribution is 5.87. The summed E-state index contributed by atoms with van der Waals surface area (Å²) >= 11 is 0. The topological polar surface area (TPSA) is 102 Å². The van der Waals surface area contributed by atoms with E-state index in [9.17, 15) is 4.79 Å². The van der Waals surface area contributed by atoms with Gasteiger partial charge in [0, 0.05) is 20.1 Å². The Morgan fingerprint density at radius 1 is 1.07 bits per heavy atom. The molecule has 0 atom stereocenters. The SMILES string of the molecule is Cn1c(CN2CCOCC2)nc2ccc(-c3ccc4nc(N)[nH]c4c3)cc2c1=O. The monoisotopic (exact) mass is 390 g/mol. The lowest BCUT2D eigenvalue weighted by atomic mass is 10.0. The zero-order valence-corrected chi connectivity index (χ0v) is 16.2. The molecule has 8 nitrogen and oxygen atoms in total. The van der Waals surface area contributed by atoms with Gasteiger partial charge in [-0.15, -0.1) is 0 Å². The summed E-state index contributed by atoms with van der Waals surface area (Å²) in [5, 5.41) is 0.611. The lowest BCUT2D eigenvalue weighted by Crippen LogP contribution is -2.37. The number of benzene rings is 2. The molecule has 5 rings (SSSR count). The molecule has 1 aliphatic heterocycles. The Morgan fingerprint density at radius 3 is 2.59 bits per heavy atom. The quantitative estimate of drug-likeness (QED) is 0.554. The number of aromatic amines is 1. The molecule has 148 valence electrons. The highest BCUT2D eigenvalue weighted by Gasteiger charge is 2.15. The Balaban J connectivity index is 1.54. The van der Waals surface area contributed by atoms with Crippen molar-refractivity contribution in [3.63, 3.8) is 0 Å². The molecular formula is C21H22N6O2. The van der Waals surface area contributed by atoms with Crippen molar-refractivity contribution >= 4 is 27.9 Å². The van der Waals surface area contributed by atoms with E-state index in [1.807, 2.05) is 36.4 Å². The van der Waals surface area contributed by atoms with Gasteiger partial charge >= 0.3 is 0 Å². The summed E-state index contributed by atoms with van der Waals surface area (Å²) in [6.45, 7) is 3.79. The maximum atomic E-state index is 13.0. The van der Waals surface area contributed by atoms with Gasteiger partial charge in [-0.1, -0.05) is 12.1 Å². The molecule has 8 heteroatoms. The van der Waals surface area contributed by atoms with Gasteiger partial charge in [-0.2, -0.15) is 0 Å². The summed E-state index contributed by atoms with van der Waals surface area (Å²) in [5.74, 6) is 1.16. The molecule has 2 aromatic heterocycles. The van der Waals surface area contributed by atoms with Crippen LogP contribution in [0, 0.1) is 0 Å². The molecule has 0 saturated carbocycles. The Bertz CT molecular complexity index is 1270. The van der Waals surface area contributed by atoms with E-state index in [4.69, 9.17) is 15.5 Å². The van der Waals surface area contributed by atoms with Crippen LogP contribution >= 0.6 is 0 Å². The Labute approximate surface area is 166 Å². The van der Waals surface area contributed by atoms with Crippen molar-refractivity contribution in [1.29, 1.82) is 0 Å². The van der Waals surface area contributed by atoms with Crippen molar-refractivity contribution in [3.05, 3.63) is 52.6 Å². The minimum atomic E-state index is -0.0352. The summed E-state index contributed by atoms with van der Waals surface area (Å²) < 4.78 is 7.05. The molecule has 3 heterocycles. The molecule has 0 unspecified atom stereocenters. The van der Waals surface area contributed by atoms with Crippen LogP contribution in [0.5, 0.6) is 0 Å². The number of nitrogens with one attached hydrogen (secondary N) is 1. The fourth-order valence-electron chi connectivity index (χ4n) is 3.81. The van der Waals surface area contributed by atoms with Crippen molar-refractivity contribution in [2.24, 2.45) is 7.05 Å². The maximum Gasteiger partial charge on any atom is 0.261 e. The molecule has 1 saturated heterocycles. The Kier molecular flexibility index (Phi) is 4.30. The van der Waals surface area contributed by atoms with Crippen molar-refractivity contribution < 1.29 is 4.74 Å². The van der Waals surface area contributed by atoms with Crippen LogP contribution in [-0.2, 0) is 18.3 Å². The van der Waals surface area contributed by atoms with E-state index >= 15 is 0 Å². The molecule has 1 aliphatic rings. The molecule has 0 aliphatic carbocycles. The highest BCUT2D eigenvalue weighted by atomic mass is 16.5. The van der Waals surface area contributed by atoms with Crippen LogP contribution in [0.15, 0.2) is 41.2 Å². The van der Waals surface area contributed by atoms with Gasteiger partial charge in [0.15, 0.2) is 5.95 Å². The number of imidazole rings is 1. The maximum absolute atomic E-state index is 13.0. The van der Waals surface area contributed by atoms with E-state index in [0.717, 1.165) is 54.3 Å². The average molecular weight is 390 g/mol. The first-order valence-electron chi connectivity index (χ1n) is 9.64. The second-order valence-corrected chi connectivity index (χ2v) is 7.37. The number of nitrogens with two attached hydrogens (primary N) is 1. The number of anilines is 1. The predicted molar refractivity (Wildman–Crippen MR) is 113 cm³/mol. The van der Waals surface area contributed by atoms with Crippen molar-refractivity contribution in [1.82, 2.24) is 24.4 Å². The summed E-state index contributed by atoms with van der Waals surface area (Å²) in [4.78, 5) is 27.3. The molecule has 29 heavy (non-hydrogen) atoms. The predicted octanol–water partition coefficient (Wildman–Crippen LogP) is 1.89. The fourth-order valence-corrected chi connectivity index (χ4v) is 3.81. The first-order valence-corrected chi connectivity index (χ1v) is 9.64. The van der Waals surface area contributed by atoms with Crippen molar-refractivity contribution in [2.75, 3.05) is 32.0 Å². The highest BCUT2D eigenvalue weighted by Crippen LogP contribution is 2.26. The summed E-state index contributed by atoms with van der Waals surface area (Å²) in [6.07, 6.45) is 0. The first-order chi connectivity index (χ1) is 14.1. The number of hydrogen-bond acceptors (Lipinski definition) is 6. The molecule has 4 aromatic rings. The average Bonchev–Trinajstić information content (AvgIpc) is 3.11. The first kappa shape index (κ1) is 17.8. The molecule has 3 N–H and O–H groups in total. The van der Waals surface area contributed by atoms with Crippen LogP contribution in [0.1, 0.15) is 5.82 Å². The van der Waals surface area contributed by atoms with E-state index in [2.05, 4.69) is 14.9 Å². The number of nitrogens with zero attached hydrogens (tertiary/aromatic N) is 4. The lowest BCUT2D eigenvalue weighted by molar-refractivity contribution is 0.0325. The third-order valence-electron chi connectivity index (χ3n) is 5.47. The number of ether oxygens (including phenoxy) is 1. The molecule has 1 fully saturated rings. The second kappa shape index (κ2) is 6.98. The third kappa shape index (κ3) is 3.26. The van der Waals surface area contributed by atoms with E-state index in [0.29, 0.717) is 23.4 Å². The molecule has 0 amide bonds. The standard InChI is InChI=1S/C21H22N6O2/c1-26-19(12-27-6-8-29-9-7-27)23-16-4-2-13(10-15(16)20(26)28)14-3-5-17-18(11-14)25-21(22)24-17/h2-5,10-11H,6-9,12H2,1H3,(H3,22,24,25). The number of rotatable bonds is 3. The minimum Gasteiger partial charge on any atom is -0.379 e. The lowest BCUT2D eigenvalue weighted by Gasteiger charge is -2.26. The van der Waals surface area contributed by atoms with Gasteiger partial charge in [0.1, 0.15) is 5.82 Å². The van der Waals surface area contributed by atoms with Gasteiger partial charge in [0.25, 0.3) is 5.56 Å². The van der Waals surface area contributed by atoms with Crippen LogP contribution < -0.4 is 11.3 Å². The molecular weight excluding hydrogens is 368 g/mol. The molecule has 0 bridgehead atoms. The van der Waals surface area contributed by atoms with E-state index in [1.54, 1.807) is 11.6 Å². The second-order valence-electron chi connectivity index (χ2n) is 7.37. The van der Waals surface area contributed by atoms with E-state index in [1.165, 1.54) is 0 Å². The van der Waals surface area contributed by atoms with Crippen LogP contribution in [0.25, 0.3) is 33.1 Å². The Morgan fingerprint density at radius 2 is 1.79 bits per heavy atom. The fraction of sp³-hybridized carbons (Fsp3) is 0.286. The number of morpholine rings is 1. The molecule has 2 aromatic carbocycles. The molecule has 0 spiro atoms. The number of aromatic nitrogens is 4. The van der Waals surface area contributed by atoms with Gasteiger partial charge < -0.3 is 15.5 Å².